The summed E-state index contributed by atoms with van der Waals surface area (Å²) in [6, 6.07) is 3.35. The zero-order valence-electron chi connectivity index (χ0n) is 13.2. The Hall–Kier alpha value is -1.99. The monoisotopic (exact) mass is 363 g/mol. The molecular formula is C17H17NO4S2. The molecule has 0 fully saturated rings. The van der Waals surface area contributed by atoms with Crippen LogP contribution in [0.2, 0.25) is 0 Å². The predicted molar refractivity (Wildman–Crippen MR) is 92.6 cm³/mol. The number of amides is 2. The third-order valence-corrected chi connectivity index (χ3v) is 5.87. The second-order valence-electron chi connectivity index (χ2n) is 5.83. The van der Waals surface area contributed by atoms with Gasteiger partial charge in [0.2, 0.25) is 0 Å². The molecule has 2 aromatic rings. The van der Waals surface area contributed by atoms with E-state index in [1.807, 2.05) is 0 Å². The first-order valence-electron chi connectivity index (χ1n) is 7.68. The molecule has 2 heterocycles. The molecule has 24 heavy (non-hydrogen) atoms. The molecule has 1 atom stereocenters. The van der Waals surface area contributed by atoms with Gasteiger partial charge >= 0.3 is 5.97 Å². The van der Waals surface area contributed by atoms with Gasteiger partial charge in [-0.15, -0.1) is 22.7 Å². The largest absolute Gasteiger partial charge is 0.452 e. The lowest BCUT2D eigenvalue weighted by molar-refractivity contribution is -0.123. The fourth-order valence-electron chi connectivity index (χ4n) is 2.69. The Balaban J connectivity index is 1.54. The standard InChI is InChI=1S/C17H17NO4S2/c1-10-4-5-11-12(9-24-14(11)7-10)17(21)22-8-15(19)18-16(20)13-3-2-6-23-13/h2-3,6,9-10H,4-5,7-8H2,1H3,(H,18,19,20). The van der Waals surface area contributed by atoms with Crippen LogP contribution in [-0.2, 0) is 22.4 Å². The van der Waals surface area contributed by atoms with Crippen LogP contribution in [0.25, 0.3) is 0 Å². The van der Waals surface area contributed by atoms with Crippen LogP contribution in [0.5, 0.6) is 0 Å². The third-order valence-electron chi connectivity index (χ3n) is 3.95. The molecule has 2 aromatic heterocycles. The van der Waals surface area contributed by atoms with Crippen molar-refractivity contribution < 1.29 is 19.1 Å². The first kappa shape index (κ1) is 16.9. The lowest BCUT2D eigenvalue weighted by atomic mass is 9.88. The Kier molecular flexibility index (Phi) is 5.11. The molecule has 0 bridgehead atoms. The Morgan fingerprint density at radius 1 is 1.33 bits per heavy atom. The average molecular weight is 363 g/mol. The quantitative estimate of drug-likeness (QED) is 0.848. The van der Waals surface area contributed by atoms with Crippen molar-refractivity contribution >= 4 is 40.5 Å². The number of imide groups is 1. The van der Waals surface area contributed by atoms with Crippen molar-refractivity contribution in [2.24, 2.45) is 5.92 Å². The van der Waals surface area contributed by atoms with Crippen LogP contribution >= 0.6 is 22.7 Å². The van der Waals surface area contributed by atoms with Gasteiger partial charge in [0.15, 0.2) is 6.61 Å². The maximum absolute atomic E-state index is 12.2. The molecule has 1 aliphatic carbocycles. The van der Waals surface area contributed by atoms with Crippen LogP contribution in [0.15, 0.2) is 22.9 Å². The van der Waals surface area contributed by atoms with Crippen LogP contribution in [0.3, 0.4) is 0 Å². The van der Waals surface area contributed by atoms with Crippen molar-refractivity contribution in [1.82, 2.24) is 5.32 Å². The topological polar surface area (TPSA) is 72.5 Å². The van der Waals surface area contributed by atoms with Crippen LogP contribution in [-0.4, -0.2) is 24.4 Å². The van der Waals surface area contributed by atoms with Gasteiger partial charge in [-0.1, -0.05) is 13.0 Å². The molecule has 0 saturated carbocycles. The molecule has 0 spiro atoms. The lowest BCUT2D eigenvalue weighted by Gasteiger charge is -2.18. The van der Waals surface area contributed by atoms with Crippen molar-refractivity contribution in [1.29, 1.82) is 0 Å². The predicted octanol–water partition coefficient (Wildman–Crippen LogP) is 3.05. The molecule has 126 valence electrons. The van der Waals surface area contributed by atoms with Crippen LogP contribution in [0.1, 0.15) is 43.8 Å². The smallest absolute Gasteiger partial charge is 0.339 e. The van der Waals surface area contributed by atoms with Crippen molar-refractivity contribution in [3.63, 3.8) is 0 Å². The molecule has 2 amide bonds. The maximum Gasteiger partial charge on any atom is 0.339 e. The van der Waals surface area contributed by atoms with Crippen molar-refractivity contribution in [2.75, 3.05) is 6.61 Å². The second-order valence-corrected chi connectivity index (χ2v) is 7.74. The van der Waals surface area contributed by atoms with E-state index in [2.05, 4.69) is 12.2 Å². The highest BCUT2D eigenvalue weighted by atomic mass is 32.1. The van der Waals surface area contributed by atoms with E-state index in [9.17, 15) is 14.4 Å². The summed E-state index contributed by atoms with van der Waals surface area (Å²) < 4.78 is 5.07. The first-order chi connectivity index (χ1) is 11.5. The SMILES string of the molecule is CC1CCc2c(C(=O)OCC(=O)NC(=O)c3cccs3)csc2C1. The van der Waals surface area contributed by atoms with Gasteiger partial charge in [-0.25, -0.2) is 4.79 Å². The van der Waals surface area contributed by atoms with Gasteiger partial charge in [-0.05, 0) is 42.2 Å². The summed E-state index contributed by atoms with van der Waals surface area (Å²) in [5, 5.41) is 5.76. The highest BCUT2D eigenvalue weighted by molar-refractivity contribution is 7.12. The minimum atomic E-state index is -0.625. The molecule has 1 N–H and O–H groups in total. The normalized spacial score (nSPS) is 16.3. The van der Waals surface area contributed by atoms with Crippen LogP contribution in [0.4, 0.5) is 0 Å². The fourth-order valence-corrected chi connectivity index (χ4v) is 4.54. The molecule has 0 aliphatic heterocycles. The number of carbonyl (C=O) groups excluding carboxylic acids is 3. The molecule has 0 saturated heterocycles. The highest BCUT2D eigenvalue weighted by Gasteiger charge is 2.24. The number of hydrogen-bond acceptors (Lipinski definition) is 6. The summed E-state index contributed by atoms with van der Waals surface area (Å²) in [5.41, 5.74) is 1.61. The molecule has 1 aliphatic rings. The Labute approximate surface area is 147 Å². The number of fused-ring (bicyclic) bond motifs is 1. The first-order valence-corrected chi connectivity index (χ1v) is 9.44. The summed E-state index contributed by atoms with van der Waals surface area (Å²) in [5.74, 6) is -0.970. The van der Waals surface area contributed by atoms with Gasteiger partial charge in [-0.2, -0.15) is 0 Å². The average Bonchev–Trinajstić information content (AvgIpc) is 3.21. The number of rotatable bonds is 4. The van der Waals surface area contributed by atoms with Gasteiger partial charge in [0.25, 0.3) is 11.8 Å². The van der Waals surface area contributed by atoms with E-state index < -0.39 is 24.4 Å². The molecule has 1 unspecified atom stereocenters. The summed E-state index contributed by atoms with van der Waals surface area (Å²) in [6.07, 6.45) is 2.91. The number of thiophene rings is 2. The zero-order valence-corrected chi connectivity index (χ0v) is 14.8. The van der Waals surface area contributed by atoms with Crippen LogP contribution in [0, 0.1) is 5.92 Å². The molecule has 0 aromatic carbocycles. The third kappa shape index (κ3) is 3.73. The van der Waals surface area contributed by atoms with E-state index in [1.165, 1.54) is 16.2 Å². The van der Waals surface area contributed by atoms with E-state index in [0.29, 0.717) is 16.4 Å². The van der Waals surface area contributed by atoms with Crippen molar-refractivity contribution in [3.05, 3.63) is 43.8 Å². The lowest BCUT2D eigenvalue weighted by Crippen LogP contribution is -2.33. The van der Waals surface area contributed by atoms with E-state index in [1.54, 1.807) is 34.2 Å². The summed E-state index contributed by atoms with van der Waals surface area (Å²) in [4.78, 5) is 37.4. The summed E-state index contributed by atoms with van der Waals surface area (Å²) in [6.45, 7) is 1.74. The van der Waals surface area contributed by atoms with Gasteiger partial charge in [0, 0.05) is 10.3 Å². The minimum absolute atomic E-state index is 0.440. The molecular weight excluding hydrogens is 346 g/mol. The fraction of sp³-hybridized carbons (Fsp3) is 0.353. The number of nitrogens with one attached hydrogen (secondary N) is 1. The Morgan fingerprint density at radius 3 is 2.92 bits per heavy atom. The highest BCUT2D eigenvalue weighted by Crippen LogP contribution is 2.33. The number of hydrogen-bond donors (Lipinski definition) is 1. The minimum Gasteiger partial charge on any atom is -0.452 e. The van der Waals surface area contributed by atoms with Gasteiger partial charge < -0.3 is 4.74 Å². The molecule has 7 heteroatoms. The van der Waals surface area contributed by atoms with Gasteiger partial charge in [0.05, 0.1) is 10.4 Å². The van der Waals surface area contributed by atoms with E-state index in [0.717, 1.165) is 24.8 Å². The Morgan fingerprint density at radius 2 is 2.17 bits per heavy atom. The maximum atomic E-state index is 12.2. The van der Waals surface area contributed by atoms with E-state index >= 15 is 0 Å². The second kappa shape index (κ2) is 7.27. The van der Waals surface area contributed by atoms with Crippen molar-refractivity contribution in [2.45, 2.75) is 26.2 Å². The van der Waals surface area contributed by atoms with E-state index in [-0.39, 0.29) is 0 Å². The Bertz CT molecular complexity index is 764. The number of carbonyl (C=O) groups is 3. The molecule has 3 rings (SSSR count). The summed E-state index contributed by atoms with van der Waals surface area (Å²) >= 11 is 2.81. The number of esters is 1. The van der Waals surface area contributed by atoms with Crippen LogP contribution < -0.4 is 5.32 Å². The van der Waals surface area contributed by atoms with E-state index in [4.69, 9.17) is 4.74 Å². The van der Waals surface area contributed by atoms with Gasteiger partial charge in [-0.3, -0.25) is 14.9 Å². The number of ether oxygens (including phenoxy) is 1. The van der Waals surface area contributed by atoms with Crippen molar-refractivity contribution in [3.8, 4) is 0 Å². The van der Waals surface area contributed by atoms with Gasteiger partial charge in [0.1, 0.15) is 0 Å². The summed E-state index contributed by atoms with van der Waals surface area (Å²) in [7, 11) is 0. The molecule has 0 radical (unpaired) electrons. The zero-order chi connectivity index (χ0) is 17.1. The molecule has 5 nitrogen and oxygen atoms in total.